The van der Waals surface area contributed by atoms with Gasteiger partial charge in [-0.05, 0) is 103 Å². The van der Waals surface area contributed by atoms with Crippen molar-refractivity contribution in [3.8, 4) is 0 Å². The number of aliphatic hydroxyl groups is 1. The van der Waals surface area contributed by atoms with Gasteiger partial charge in [-0.2, -0.15) is 0 Å². The summed E-state index contributed by atoms with van der Waals surface area (Å²) in [5.41, 5.74) is 3.59. The molecule has 5 rings (SSSR count). The van der Waals surface area contributed by atoms with Gasteiger partial charge >= 0.3 is 0 Å². The van der Waals surface area contributed by atoms with E-state index in [2.05, 4.69) is 45.9 Å². The highest BCUT2D eigenvalue weighted by atomic mass is 16.3. The number of hydrogen-bond acceptors (Lipinski definition) is 2. The van der Waals surface area contributed by atoms with Gasteiger partial charge in [0, 0.05) is 12.8 Å². The van der Waals surface area contributed by atoms with Crippen LogP contribution in [0.15, 0.2) is 42.0 Å². The standard InChI is InChI=1S/C35H52O2/c1-24(21-29(37)22-26-11-6-5-7-12-26)9-8-10-25(2)31-15-16-32-30-14-13-27-23-28(36)17-19-34(27,3)33(30)18-20-35(31,32)4/h5-7,11-13,24-25,28,30-33,36H,8-10,14-23H2,1-4H3/t24?,25?,28-,30-,31+,32-,33-,34-,35+/m0/s1. The number of carbonyl (C=O) groups excluding carboxylic acids is 1. The van der Waals surface area contributed by atoms with E-state index in [0.29, 0.717) is 29.0 Å². The van der Waals surface area contributed by atoms with Crippen LogP contribution in [0.5, 0.6) is 0 Å². The third kappa shape index (κ3) is 5.39. The Hall–Kier alpha value is -1.41. The van der Waals surface area contributed by atoms with Crippen molar-refractivity contribution < 1.29 is 9.90 Å². The summed E-state index contributed by atoms with van der Waals surface area (Å²) in [5, 5.41) is 10.3. The van der Waals surface area contributed by atoms with Gasteiger partial charge in [0.25, 0.3) is 0 Å². The largest absolute Gasteiger partial charge is 0.393 e. The fourth-order valence-electron chi connectivity index (χ4n) is 9.99. The number of fused-ring (bicyclic) bond motifs is 5. The lowest BCUT2D eigenvalue weighted by Gasteiger charge is -2.58. The van der Waals surface area contributed by atoms with Gasteiger partial charge in [-0.15, -0.1) is 0 Å². The van der Waals surface area contributed by atoms with Crippen LogP contribution in [0.2, 0.25) is 0 Å². The van der Waals surface area contributed by atoms with E-state index in [-0.39, 0.29) is 6.10 Å². The zero-order chi connectivity index (χ0) is 26.2. The maximum absolute atomic E-state index is 12.6. The molecular weight excluding hydrogens is 452 g/mol. The molecule has 4 aliphatic rings. The summed E-state index contributed by atoms with van der Waals surface area (Å²) >= 11 is 0. The summed E-state index contributed by atoms with van der Waals surface area (Å²) in [6.07, 6.45) is 17.6. The highest BCUT2D eigenvalue weighted by molar-refractivity contribution is 5.81. The summed E-state index contributed by atoms with van der Waals surface area (Å²) in [7, 11) is 0. The van der Waals surface area contributed by atoms with Gasteiger partial charge in [-0.25, -0.2) is 0 Å². The molecule has 37 heavy (non-hydrogen) atoms. The molecule has 2 nitrogen and oxygen atoms in total. The van der Waals surface area contributed by atoms with E-state index in [1.165, 1.54) is 57.8 Å². The first-order valence-electron chi connectivity index (χ1n) is 15.6. The lowest BCUT2D eigenvalue weighted by atomic mass is 9.47. The molecule has 0 amide bonds. The molecule has 2 heteroatoms. The monoisotopic (exact) mass is 504 g/mol. The first kappa shape index (κ1) is 27.2. The van der Waals surface area contributed by atoms with E-state index in [0.717, 1.165) is 54.4 Å². The predicted molar refractivity (Wildman–Crippen MR) is 153 cm³/mol. The van der Waals surface area contributed by atoms with Gasteiger partial charge in [-0.1, -0.05) is 88.9 Å². The minimum absolute atomic E-state index is 0.105. The van der Waals surface area contributed by atoms with Crippen LogP contribution < -0.4 is 0 Å². The Labute approximate surface area is 226 Å². The van der Waals surface area contributed by atoms with Crippen molar-refractivity contribution in [3.63, 3.8) is 0 Å². The average Bonchev–Trinajstić information content (AvgIpc) is 3.22. The Bertz CT molecular complexity index is 965. The van der Waals surface area contributed by atoms with Crippen LogP contribution in [0, 0.1) is 46.3 Å². The second kappa shape index (κ2) is 11.0. The van der Waals surface area contributed by atoms with Gasteiger partial charge in [0.2, 0.25) is 0 Å². The molecule has 4 aliphatic carbocycles. The Morgan fingerprint density at radius 2 is 1.78 bits per heavy atom. The van der Waals surface area contributed by atoms with Crippen LogP contribution in [0.3, 0.4) is 0 Å². The molecular formula is C35H52O2. The van der Waals surface area contributed by atoms with Crippen molar-refractivity contribution in [1.82, 2.24) is 0 Å². The molecule has 0 spiro atoms. The fourth-order valence-corrected chi connectivity index (χ4v) is 9.99. The topological polar surface area (TPSA) is 37.3 Å². The van der Waals surface area contributed by atoms with Crippen molar-refractivity contribution in [1.29, 1.82) is 0 Å². The molecule has 204 valence electrons. The first-order valence-corrected chi connectivity index (χ1v) is 15.6. The third-order valence-electron chi connectivity index (χ3n) is 12.0. The number of aliphatic hydroxyl groups excluding tert-OH is 1. The van der Waals surface area contributed by atoms with Gasteiger partial charge in [-0.3, -0.25) is 4.79 Å². The van der Waals surface area contributed by atoms with Crippen LogP contribution in [-0.4, -0.2) is 17.0 Å². The van der Waals surface area contributed by atoms with E-state index in [1.54, 1.807) is 5.57 Å². The quantitative estimate of drug-likeness (QED) is 0.342. The maximum atomic E-state index is 12.6. The molecule has 3 saturated carbocycles. The van der Waals surface area contributed by atoms with Crippen LogP contribution in [-0.2, 0) is 11.2 Å². The Balaban J connectivity index is 1.13. The number of allylic oxidation sites excluding steroid dienone is 1. The average molecular weight is 505 g/mol. The number of benzene rings is 1. The Kier molecular flexibility index (Phi) is 8.07. The van der Waals surface area contributed by atoms with Crippen molar-refractivity contribution in [2.45, 2.75) is 117 Å². The number of Topliss-reactive ketones (excluding diaryl/α,β-unsaturated/α-hetero) is 1. The Morgan fingerprint density at radius 3 is 2.57 bits per heavy atom. The summed E-state index contributed by atoms with van der Waals surface area (Å²) in [4.78, 5) is 12.6. The first-order chi connectivity index (χ1) is 17.7. The smallest absolute Gasteiger partial charge is 0.137 e. The lowest BCUT2D eigenvalue weighted by Crippen LogP contribution is -2.50. The van der Waals surface area contributed by atoms with Crippen molar-refractivity contribution >= 4 is 5.78 Å². The summed E-state index contributed by atoms with van der Waals surface area (Å²) in [5.74, 6) is 5.10. The lowest BCUT2D eigenvalue weighted by molar-refractivity contribution is -0.119. The number of rotatable bonds is 9. The van der Waals surface area contributed by atoms with E-state index in [1.807, 2.05) is 18.2 Å². The highest BCUT2D eigenvalue weighted by Crippen LogP contribution is 2.67. The molecule has 2 unspecified atom stereocenters. The van der Waals surface area contributed by atoms with Crippen LogP contribution in [0.1, 0.15) is 110 Å². The van der Waals surface area contributed by atoms with Gasteiger partial charge in [0.05, 0.1) is 6.10 Å². The molecule has 1 aromatic carbocycles. The number of ketones is 1. The molecule has 0 aliphatic heterocycles. The van der Waals surface area contributed by atoms with Crippen molar-refractivity contribution in [2.24, 2.45) is 46.3 Å². The van der Waals surface area contributed by atoms with Crippen LogP contribution >= 0.6 is 0 Å². The minimum Gasteiger partial charge on any atom is -0.393 e. The molecule has 9 atom stereocenters. The molecule has 1 N–H and O–H groups in total. The molecule has 0 radical (unpaired) electrons. The van der Waals surface area contributed by atoms with E-state index in [4.69, 9.17) is 0 Å². The molecule has 0 bridgehead atoms. The second-order valence-corrected chi connectivity index (χ2v) is 14.3. The van der Waals surface area contributed by atoms with Gasteiger partial charge < -0.3 is 5.11 Å². The number of carbonyl (C=O) groups is 1. The summed E-state index contributed by atoms with van der Waals surface area (Å²) in [6, 6.07) is 10.2. The predicted octanol–water partition coefficient (Wildman–Crippen LogP) is 8.57. The number of hydrogen-bond donors (Lipinski definition) is 1. The van der Waals surface area contributed by atoms with Crippen LogP contribution in [0.25, 0.3) is 0 Å². The van der Waals surface area contributed by atoms with E-state index < -0.39 is 0 Å². The fraction of sp³-hybridized carbons (Fsp3) is 0.743. The SMILES string of the molecule is CC(CCCC(C)[C@H]1CC[C@H]2[C@@H]3CC=C4C[C@@H](O)CC[C@]4(C)[C@H]3CC[C@]12C)CC(=O)Cc1ccccc1. The van der Waals surface area contributed by atoms with E-state index >= 15 is 0 Å². The molecule has 0 saturated heterocycles. The van der Waals surface area contributed by atoms with Gasteiger partial charge in [0.15, 0.2) is 0 Å². The minimum atomic E-state index is -0.105. The second-order valence-electron chi connectivity index (χ2n) is 14.3. The maximum Gasteiger partial charge on any atom is 0.137 e. The molecule has 1 aromatic rings. The Morgan fingerprint density at radius 1 is 1.00 bits per heavy atom. The molecule has 0 aromatic heterocycles. The highest BCUT2D eigenvalue weighted by Gasteiger charge is 2.59. The normalized spacial score (nSPS) is 38.6. The van der Waals surface area contributed by atoms with Gasteiger partial charge in [0.1, 0.15) is 5.78 Å². The third-order valence-corrected chi connectivity index (χ3v) is 12.0. The zero-order valence-corrected chi connectivity index (χ0v) is 24.1. The zero-order valence-electron chi connectivity index (χ0n) is 24.1. The summed E-state index contributed by atoms with van der Waals surface area (Å²) in [6.45, 7) is 10.0. The van der Waals surface area contributed by atoms with Crippen LogP contribution in [0.4, 0.5) is 0 Å². The van der Waals surface area contributed by atoms with Crippen molar-refractivity contribution in [3.05, 3.63) is 47.5 Å². The molecule has 0 heterocycles. The van der Waals surface area contributed by atoms with E-state index in [9.17, 15) is 9.90 Å². The summed E-state index contributed by atoms with van der Waals surface area (Å²) < 4.78 is 0. The molecule has 3 fully saturated rings. The van der Waals surface area contributed by atoms with Crippen molar-refractivity contribution in [2.75, 3.05) is 0 Å².